The number of nitrogens with two attached hydrogens (primary N) is 1. The molecule has 2 aromatic carbocycles. The van der Waals surface area contributed by atoms with Crippen molar-refractivity contribution in [1.29, 1.82) is 0 Å². The van der Waals surface area contributed by atoms with Gasteiger partial charge in [0.25, 0.3) is 0 Å². The first-order valence-electron chi connectivity index (χ1n) is 16.0. The summed E-state index contributed by atoms with van der Waals surface area (Å²) in [6.45, 7) is 11.7. The van der Waals surface area contributed by atoms with Crippen LogP contribution in [0.4, 0.5) is 0 Å². The number of carboxylic acid groups (broad SMARTS) is 1. The number of fused-ring (bicyclic) bond motifs is 3. The van der Waals surface area contributed by atoms with Gasteiger partial charge in [-0.1, -0.05) is 99.5 Å². The van der Waals surface area contributed by atoms with Gasteiger partial charge in [-0.2, -0.15) is 0 Å². The molecule has 0 radical (unpaired) electrons. The molecule has 0 saturated carbocycles. The molecule has 1 saturated heterocycles. The lowest BCUT2D eigenvalue weighted by molar-refractivity contribution is -0.140. The number of aliphatic carboxylic acids is 1. The molecule has 1 heterocycles. The molecule has 45 heavy (non-hydrogen) atoms. The first-order valence-corrected chi connectivity index (χ1v) is 16.0. The van der Waals surface area contributed by atoms with Crippen molar-refractivity contribution in [2.45, 2.75) is 84.7 Å². The summed E-state index contributed by atoms with van der Waals surface area (Å²) >= 11 is 0. The van der Waals surface area contributed by atoms with E-state index >= 15 is 0 Å². The summed E-state index contributed by atoms with van der Waals surface area (Å²) in [6, 6.07) is 15.6. The van der Waals surface area contributed by atoms with Gasteiger partial charge >= 0.3 is 5.97 Å². The van der Waals surface area contributed by atoms with Gasteiger partial charge in [-0.3, -0.25) is 9.59 Å². The third kappa shape index (κ3) is 13.7. The summed E-state index contributed by atoms with van der Waals surface area (Å²) in [7, 11) is 0. The normalized spacial score (nSPS) is 14.8. The van der Waals surface area contributed by atoms with Crippen molar-refractivity contribution in [2.24, 2.45) is 10.9 Å². The number of amides is 2. The predicted molar refractivity (Wildman–Crippen MR) is 182 cm³/mol. The van der Waals surface area contributed by atoms with E-state index in [9.17, 15) is 14.4 Å². The fraction of sp³-hybridized carbons (Fsp3) is 0.486. The standard InChI is InChI=1S/C13H9NO.C11H19NO3.C7H14N2O.C4H11N/c15-14-13-11-7-3-1-5-9(11)10-6-2-4-8-12(10)13;1-2-3-4-5-6-7-8-10(11(14)15)12-9-13;1-6-3-2-4-9(6)7(10)5-8;1-3-5-4-2/h1-8,15H;6-7,9-10H,2-5,8H2,1H3,(H,12,13)(H,14,15);6H,2-5,8H2,1H3;5H,3-4H2,1-2H3/b;7-6-;;. The third-order valence-corrected chi connectivity index (χ3v) is 7.38. The quantitative estimate of drug-likeness (QED) is 0.0612. The van der Waals surface area contributed by atoms with Gasteiger partial charge in [0.2, 0.25) is 12.3 Å². The third-order valence-electron chi connectivity index (χ3n) is 7.38. The lowest BCUT2D eigenvalue weighted by Crippen LogP contribution is -2.37. The van der Waals surface area contributed by atoms with Crippen molar-refractivity contribution in [2.75, 3.05) is 26.2 Å². The summed E-state index contributed by atoms with van der Waals surface area (Å²) in [5, 5.41) is 26.5. The van der Waals surface area contributed by atoms with Crippen LogP contribution < -0.4 is 16.4 Å². The molecular weight excluding hydrogens is 570 g/mol. The second-order valence-corrected chi connectivity index (χ2v) is 10.7. The van der Waals surface area contributed by atoms with E-state index < -0.39 is 12.0 Å². The highest BCUT2D eigenvalue weighted by atomic mass is 16.4. The molecule has 1 fully saturated rings. The summed E-state index contributed by atoms with van der Waals surface area (Å²) < 4.78 is 0. The Balaban J connectivity index is 0.000000319. The molecule has 1 aliphatic carbocycles. The van der Waals surface area contributed by atoms with Crippen LogP contribution in [0.15, 0.2) is 65.8 Å². The Kier molecular flexibility index (Phi) is 20.3. The molecule has 0 spiro atoms. The van der Waals surface area contributed by atoms with Crippen molar-refractivity contribution in [3.05, 3.63) is 71.8 Å². The minimum atomic E-state index is -1.000. The lowest BCUT2D eigenvalue weighted by Gasteiger charge is -2.19. The molecule has 10 nitrogen and oxygen atoms in total. The van der Waals surface area contributed by atoms with E-state index in [4.69, 9.17) is 16.0 Å². The van der Waals surface area contributed by atoms with Gasteiger partial charge in [0, 0.05) is 23.7 Å². The van der Waals surface area contributed by atoms with E-state index in [1.165, 1.54) is 12.8 Å². The highest BCUT2D eigenvalue weighted by Crippen LogP contribution is 2.36. The highest BCUT2D eigenvalue weighted by Gasteiger charge is 2.24. The van der Waals surface area contributed by atoms with Gasteiger partial charge in [-0.05, 0) is 63.2 Å². The number of nitrogens with one attached hydrogen (secondary N) is 2. The largest absolute Gasteiger partial charge is 0.480 e. The summed E-state index contributed by atoms with van der Waals surface area (Å²) in [5.74, 6) is -0.912. The second kappa shape index (κ2) is 23.4. The molecule has 2 unspecified atom stereocenters. The van der Waals surface area contributed by atoms with Crippen LogP contribution in [0, 0.1) is 0 Å². The molecular formula is C35H53N5O5. The molecule has 2 aliphatic rings. The van der Waals surface area contributed by atoms with Crippen molar-refractivity contribution < 1.29 is 24.7 Å². The first-order chi connectivity index (χ1) is 21.8. The van der Waals surface area contributed by atoms with Crippen molar-refractivity contribution in [1.82, 2.24) is 15.5 Å². The van der Waals surface area contributed by atoms with Crippen LogP contribution in [0.2, 0.25) is 0 Å². The van der Waals surface area contributed by atoms with Crippen LogP contribution in [0.1, 0.15) is 83.8 Å². The predicted octanol–water partition coefficient (Wildman–Crippen LogP) is 5.18. The maximum Gasteiger partial charge on any atom is 0.326 e. The monoisotopic (exact) mass is 623 g/mol. The Morgan fingerprint density at radius 3 is 1.98 bits per heavy atom. The summed E-state index contributed by atoms with van der Waals surface area (Å²) in [5.41, 5.74) is 10.2. The average Bonchev–Trinajstić information content (AvgIpc) is 3.63. The summed E-state index contributed by atoms with van der Waals surface area (Å²) in [6.07, 6.45) is 11.3. The first kappa shape index (κ1) is 39.0. The zero-order chi connectivity index (χ0) is 33.5. The molecule has 0 bridgehead atoms. The number of oxime groups is 1. The molecule has 6 N–H and O–H groups in total. The van der Waals surface area contributed by atoms with E-state index in [1.807, 2.05) is 65.6 Å². The smallest absolute Gasteiger partial charge is 0.326 e. The molecule has 10 heteroatoms. The fourth-order valence-corrected chi connectivity index (χ4v) is 4.96. The van der Waals surface area contributed by atoms with Gasteiger partial charge in [0.1, 0.15) is 11.8 Å². The van der Waals surface area contributed by atoms with Gasteiger partial charge in [0.05, 0.1) is 6.54 Å². The van der Waals surface area contributed by atoms with Crippen molar-refractivity contribution in [3.63, 3.8) is 0 Å². The maximum atomic E-state index is 11.0. The van der Waals surface area contributed by atoms with E-state index in [0.29, 0.717) is 24.6 Å². The fourth-order valence-electron chi connectivity index (χ4n) is 4.96. The van der Waals surface area contributed by atoms with Crippen LogP contribution in [0.25, 0.3) is 11.1 Å². The van der Waals surface area contributed by atoms with E-state index in [1.54, 1.807) is 0 Å². The number of hydrogen-bond donors (Lipinski definition) is 5. The average molecular weight is 624 g/mol. The topological polar surface area (TPSA) is 157 Å². The SMILES string of the molecule is CC1CCCN1C(=O)CN.CCCCC/C=C\CC(NC=O)C(=O)O.CCNCC.ON=C1c2ccccc2-c2ccccc21. The highest BCUT2D eigenvalue weighted by molar-refractivity contribution is 6.24. The van der Waals surface area contributed by atoms with Crippen LogP contribution in [0.3, 0.4) is 0 Å². The van der Waals surface area contributed by atoms with Crippen LogP contribution in [-0.2, 0) is 14.4 Å². The number of carbonyl (C=O) groups excluding carboxylic acids is 2. The lowest BCUT2D eigenvalue weighted by atomic mass is 10.1. The number of benzene rings is 2. The Hall–Kier alpha value is -4.02. The number of carboxylic acids is 1. The molecule has 4 rings (SSSR count). The van der Waals surface area contributed by atoms with Crippen LogP contribution in [-0.4, -0.2) is 77.5 Å². The zero-order valence-electron chi connectivity index (χ0n) is 27.4. The Bertz CT molecular complexity index is 1170. The van der Waals surface area contributed by atoms with Crippen LogP contribution >= 0.6 is 0 Å². The minimum Gasteiger partial charge on any atom is -0.480 e. The van der Waals surface area contributed by atoms with Crippen molar-refractivity contribution >= 4 is 24.0 Å². The van der Waals surface area contributed by atoms with Gasteiger partial charge in [-0.15, -0.1) is 0 Å². The number of hydrogen-bond acceptors (Lipinski definition) is 7. The van der Waals surface area contributed by atoms with Gasteiger partial charge in [-0.25, -0.2) is 4.79 Å². The molecule has 2 atom stereocenters. The molecule has 0 aromatic heterocycles. The van der Waals surface area contributed by atoms with E-state index in [-0.39, 0.29) is 12.5 Å². The minimum absolute atomic E-state index is 0.0880. The molecule has 248 valence electrons. The Labute approximate surface area is 268 Å². The molecule has 2 aromatic rings. The summed E-state index contributed by atoms with van der Waals surface area (Å²) in [4.78, 5) is 33.6. The van der Waals surface area contributed by atoms with Crippen molar-refractivity contribution in [3.8, 4) is 11.1 Å². The number of likely N-dealkylation sites (tertiary alicyclic amines) is 1. The number of nitrogens with zero attached hydrogens (tertiary/aromatic N) is 2. The molecule has 2 amide bonds. The van der Waals surface area contributed by atoms with Crippen LogP contribution in [0.5, 0.6) is 0 Å². The Morgan fingerprint density at radius 1 is 1.00 bits per heavy atom. The maximum absolute atomic E-state index is 11.0. The number of carbonyl (C=O) groups is 3. The second-order valence-electron chi connectivity index (χ2n) is 10.7. The zero-order valence-corrected chi connectivity index (χ0v) is 27.4. The Morgan fingerprint density at radius 2 is 1.58 bits per heavy atom. The van der Waals surface area contributed by atoms with E-state index in [2.05, 4.69) is 43.5 Å². The van der Waals surface area contributed by atoms with Gasteiger partial charge < -0.3 is 31.6 Å². The van der Waals surface area contributed by atoms with Gasteiger partial charge in [0.15, 0.2) is 0 Å². The van der Waals surface area contributed by atoms with E-state index in [0.717, 1.165) is 67.6 Å². The number of allylic oxidation sites excluding steroid dienone is 1. The molecule has 1 aliphatic heterocycles. The number of rotatable bonds is 12. The number of unbranched alkanes of at least 4 members (excludes halogenated alkanes) is 3.